The van der Waals surface area contributed by atoms with E-state index in [0.717, 1.165) is 34.4 Å². The van der Waals surface area contributed by atoms with Crippen molar-refractivity contribution in [1.82, 2.24) is 5.32 Å². The van der Waals surface area contributed by atoms with Crippen molar-refractivity contribution >= 4 is 11.8 Å². The lowest BCUT2D eigenvalue weighted by Gasteiger charge is -2.21. The summed E-state index contributed by atoms with van der Waals surface area (Å²) in [7, 11) is 0. The minimum absolute atomic E-state index is 0.0445. The molecule has 0 fully saturated rings. The number of nitrogens with one attached hydrogen (secondary N) is 1. The fourth-order valence-corrected chi connectivity index (χ4v) is 4.37. The molecule has 7 heteroatoms. The van der Waals surface area contributed by atoms with Crippen LogP contribution < -0.4 is 11.1 Å². The van der Waals surface area contributed by atoms with Gasteiger partial charge in [0, 0.05) is 18.2 Å². The lowest BCUT2D eigenvalue weighted by atomic mass is 9.96. The highest BCUT2D eigenvalue weighted by Gasteiger charge is 2.29. The topological polar surface area (TPSA) is 105 Å². The van der Waals surface area contributed by atoms with Gasteiger partial charge in [-0.15, -0.1) is 0 Å². The predicted octanol–water partition coefficient (Wildman–Crippen LogP) is 4.04. The van der Waals surface area contributed by atoms with Crippen molar-refractivity contribution in [3.8, 4) is 11.1 Å². The van der Waals surface area contributed by atoms with Crippen LogP contribution in [0.1, 0.15) is 40.7 Å². The van der Waals surface area contributed by atoms with Crippen LogP contribution in [0.5, 0.6) is 0 Å². The molecule has 1 amide bonds. The van der Waals surface area contributed by atoms with Crippen LogP contribution >= 0.6 is 0 Å². The van der Waals surface area contributed by atoms with E-state index in [1.807, 2.05) is 36.4 Å². The highest BCUT2D eigenvalue weighted by molar-refractivity contribution is 5.79. The first-order chi connectivity index (χ1) is 15.9. The maximum atomic E-state index is 13.6. The molecule has 2 atom stereocenters. The maximum absolute atomic E-state index is 13.6. The number of aliphatic hydroxyl groups is 2. The highest BCUT2D eigenvalue weighted by Crippen LogP contribution is 2.44. The van der Waals surface area contributed by atoms with E-state index in [1.54, 1.807) is 6.92 Å². The second-order valence-electron chi connectivity index (χ2n) is 8.26. The molecular weight excluding hydrogens is 423 g/mol. The first-order valence-electron chi connectivity index (χ1n) is 10.9. The third-order valence-electron chi connectivity index (χ3n) is 6.19. The Balaban J connectivity index is 1.30. The fourth-order valence-electron chi connectivity index (χ4n) is 4.37. The molecule has 1 aliphatic carbocycles. The zero-order chi connectivity index (χ0) is 23.5. The number of anilines is 1. The number of halogens is 1. The molecule has 33 heavy (non-hydrogen) atoms. The lowest BCUT2D eigenvalue weighted by molar-refractivity contribution is 0.0132. The number of benzene rings is 3. The Morgan fingerprint density at radius 3 is 2.33 bits per heavy atom. The van der Waals surface area contributed by atoms with Crippen molar-refractivity contribution in [3.05, 3.63) is 88.7 Å². The monoisotopic (exact) mass is 450 g/mol. The molecule has 6 nitrogen and oxygen atoms in total. The SMILES string of the molecule is Cc1c(N)cc(F)cc1C(O)C(O)CCNC(=O)OCC1c2ccccc2-c2ccccc21. The Hall–Kier alpha value is -3.42. The average Bonchev–Trinajstić information content (AvgIpc) is 3.13. The maximum Gasteiger partial charge on any atom is 0.407 e. The molecule has 5 N–H and O–H groups in total. The quantitative estimate of drug-likeness (QED) is 0.407. The smallest absolute Gasteiger partial charge is 0.407 e. The summed E-state index contributed by atoms with van der Waals surface area (Å²) in [5, 5.41) is 23.3. The molecular formula is C26H27FN2O4. The standard InChI is InChI=1S/C26H27FN2O4/c1-15-21(12-16(27)13-23(15)28)25(31)24(30)10-11-29-26(32)33-14-22-19-8-4-2-6-17(19)18-7-3-5-9-20(18)22/h2-9,12-13,22,24-25,30-31H,10-11,14,28H2,1H3,(H,29,32). The van der Waals surface area contributed by atoms with Gasteiger partial charge in [0.2, 0.25) is 0 Å². The van der Waals surface area contributed by atoms with Gasteiger partial charge in [-0.25, -0.2) is 9.18 Å². The summed E-state index contributed by atoms with van der Waals surface area (Å²) in [6.45, 7) is 1.92. The number of hydrogen-bond acceptors (Lipinski definition) is 5. The van der Waals surface area contributed by atoms with Gasteiger partial charge in [-0.05, 0) is 58.9 Å². The molecule has 0 bridgehead atoms. The zero-order valence-electron chi connectivity index (χ0n) is 18.3. The van der Waals surface area contributed by atoms with Gasteiger partial charge in [0.05, 0.1) is 6.10 Å². The number of carbonyl (C=O) groups excluding carboxylic acids is 1. The third-order valence-corrected chi connectivity index (χ3v) is 6.19. The number of fused-ring (bicyclic) bond motifs is 3. The molecule has 1 aliphatic rings. The van der Waals surface area contributed by atoms with E-state index in [9.17, 15) is 19.4 Å². The van der Waals surface area contributed by atoms with E-state index in [2.05, 4.69) is 17.4 Å². The number of nitrogens with two attached hydrogens (primary N) is 1. The Morgan fingerprint density at radius 1 is 1.09 bits per heavy atom. The molecule has 172 valence electrons. The summed E-state index contributed by atoms with van der Waals surface area (Å²) in [5.74, 6) is -0.631. The summed E-state index contributed by atoms with van der Waals surface area (Å²) in [5.41, 5.74) is 11.2. The Morgan fingerprint density at radius 2 is 1.70 bits per heavy atom. The zero-order valence-corrected chi connectivity index (χ0v) is 18.3. The van der Waals surface area contributed by atoms with Gasteiger partial charge in [0.1, 0.15) is 18.5 Å². The summed E-state index contributed by atoms with van der Waals surface area (Å²) in [6, 6.07) is 18.5. The Bertz CT molecular complexity index is 1120. The summed E-state index contributed by atoms with van der Waals surface area (Å²) in [4.78, 5) is 12.2. The van der Waals surface area contributed by atoms with E-state index in [4.69, 9.17) is 10.5 Å². The van der Waals surface area contributed by atoms with Crippen LogP contribution in [0.4, 0.5) is 14.9 Å². The molecule has 0 aliphatic heterocycles. The van der Waals surface area contributed by atoms with Crippen molar-refractivity contribution in [2.45, 2.75) is 31.5 Å². The molecule has 0 heterocycles. The minimum atomic E-state index is -1.33. The van der Waals surface area contributed by atoms with Crippen LogP contribution in [0.15, 0.2) is 60.7 Å². The molecule has 3 aromatic rings. The number of ether oxygens (including phenoxy) is 1. The lowest BCUT2D eigenvalue weighted by Crippen LogP contribution is -2.31. The molecule has 0 saturated heterocycles. The van der Waals surface area contributed by atoms with Crippen LogP contribution in [0.3, 0.4) is 0 Å². The van der Waals surface area contributed by atoms with E-state index in [-0.39, 0.29) is 36.7 Å². The molecule has 0 aromatic heterocycles. The molecule has 0 radical (unpaired) electrons. The van der Waals surface area contributed by atoms with Crippen LogP contribution in [-0.4, -0.2) is 35.6 Å². The number of amides is 1. The normalized spacial score (nSPS) is 14.3. The van der Waals surface area contributed by atoms with E-state index >= 15 is 0 Å². The van der Waals surface area contributed by atoms with Crippen LogP contribution in [0, 0.1) is 12.7 Å². The Labute approximate surface area is 191 Å². The molecule has 0 spiro atoms. The minimum Gasteiger partial charge on any atom is -0.449 e. The van der Waals surface area contributed by atoms with Gasteiger partial charge in [-0.1, -0.05) is 48.5 Å². The highest BCUT2D eigenvalue weighted by atomic mass is 19.1. The average molecular weight is 451 g/mol. The number of hydrogen-bond donors (Lipinski definition) is 4. The Kier molecular flexibility index (Phi) is 6.62. The van der Waals surface area contributed by atoms with E-state index < -0.39 is 24.1 Å². The summed E-state index contributed by atoms with van der Waals surface area (Å²) < 4.78 is 19.1. The van der Waals surface area contributed by atoms with Crippen molar-refractivity contribution < 1.29 is 24.1 Å². The number of rotatable bonds is 7. The van der Waals surface area contributed by atoms with E-state index in [1.165, 1.54) is 0 Å². The number of nitrogen functional groups attached to an aromatic ring is 1. The number of alkyl carbamates (subject to hydrolysis) is 1. The predicted molar refractivity (Wildman–Crippen MR) is 124 cm³/mol. The first-order valence-corrected chi connectivity index (χ1v) is 10.9. The van der Waals surface area contributed by atoms with Crippen molar-refractivity contribution in [1.29, 1.82) is 0 Å². The van der Waals surface area contributed by atoms with Gasteiger partial charge in [0.25, 0.3) is 0 Å². The molecule has 2 unspecified atom stereocenters. The molecule has 4 rings (SSSR count). The fraction of sp³-hybridized carbons (Fsp3) is 0.269. The van der Waals surface area contributed by atoms with E-state index in [0.29, 0.717) is 5.56 Å². The van der Waals surface area contributed by atoms with Crippen molar-refractivity contribution in [3.63, 3.8) is 0 Å². The van der Waals surface area contributed by atoms with Gasteiger partial charge in [-0.3, -0.25) is 0 Å². The summed E-state index contributed by atoms with van der Waals surface area (Å²) in [6.07, 6.45) is -3.09. The second-order valence-corrected chi connectivity index (χ2v) is 8.26. The second kappa shape index (κ2) is 9.60. The molecule has 0 saturated carbocycles. The molecule has 3 aromatic carbocycles. The van der Waals surface area contributed by atoms with Gasteiger partial charge in [-0.2, -0.15) is 0 Å². The summed E-state index contributed by atoms with van der Waals surface area (Å²) >= 11 is 0. The van der Waals surface area contributed by atoms with Crippen LogP contribution in [0.2, 0.25) is 0 Å². The van der Waals surface area contributed by atoms with Gasteiger partial charge < -0.3 is 26.0 Å². The van der Waals surface area contributed by atoms with Crippen molar-refractivity contribution in [2.75, 3.05) is 18.9 Å². The third kappa shape index (κ3) is 4.69. The number of aliphatic hydroxyl groups excluding tert-OH is 2. The van der Waals surface area contributed by atoms with Crippen molar-refractivity contribution in [2.24, 2.45) is 0 Å². The largest absolute Gasteiger partial charge is 0.449 e. The van der Waals surface area contributed by atoms with Crippen LogP contribution in [-0.2, 0) is 4.74 Å². The van der Waals surface area contributed by atoms with Gasteiger partial charge >= 0.3 is 6.09 Å². The number of carbonyl (C=O) groups is 1. The first kappa shape index (κ1) is 22.8. The van der Waals surface area contributed by atoms with Crippen LogP contribution in [0.25, 0.3) is 11.1 Å². The van der Waals surface area contributed by atoms with Gasteiger partial charge in [0.15, 0.2) is 0 Å².